The molecule has 1 aromatic rings. The maximum Gasteiger partial charge on any atom is 0.221 e. The van der Waals surface area contributed by atoms with Gasteiger partial charge in [-0.2, -0.15) is 0 Å². The van der Waals surface area contributed by atoms with Gasteiger partial charge in [0, 0.05) is 24.7 Å². The molecule has 2 atom stereocenters. The molecule has 0 spiro atoms. The Morgan fingerprint density at radius 1 is 1.43 bits per heavy atom. The van der Waals surface area contributed by atoms with E-state index in [1.807, 2.05) is 24.3 Å². The van der Waals surface area contributed by atoms with Crippen LogP contribution in [0.2, 0.25) is 0 Å². The van der Waals surface area contributed by atoms with Gasteiger partial charge in [0.2, 0.25) is 5.91 Å². The average molecular weight is 286 g/mol. The van der Waals surface area contributed by atoms with Gasteiger partial charge in [0.1, 0.15) is 6.61 Å². The van der Waals surface area contributed by atoms with Gasteiger partial charge in [-0.15, -0.1) is 0 Å². The molecule has 0 bridgehead atoms. The number of nitrogens with two attached hydrogens (primary N) is 1. The predicted molar refractivity (Wildman–Crippen MR) is 82.2 cm³/mol. The number of aliphatic hydroxyl groups excluding tert-OH is 1. The molecule has 3 N–H and O–H groups in total. The molecule has 1 fully saturated rings. The minimum Gasteiger partial charge on any atom is -0.384 e. The third-order valence-electron chi connectivity index (χ3n) is 4.11. The van der Waals surface area contributed by atoms with Gasteiger partial charge in [-0.3, -0.25) is 9.69 Å². The third kappa shape index (κ3) is 4.07. The van der Waals surface area contributed by atoms with Crippen molar-refractivity contribution >= 4 is 5.91 Å². The van der Waals surface area contributed by atoms with Gasteiger partial charge in [0.15, 0.2) is 0 Å². The molecule has 1 heterocycles. The lowest BCUT2D eigenvalue weighted by Gasteiger charge is -2.37. The number of likely N-dealkylation sites (tertiary alicyclic amines) is 1. The third-order valence-corrected chi connectivity index (χ3v) is 4.11. The molecule has 2 rings (SSSR count). The molecule has 0 aliphatic carbocycles. The van der Waals surface area contributed by atoms with Crippen LogP contribution in [0.1, 0.15) is 30.9 Å². The average Bonchev–Trinajstić information content (AvgIpc) is 2.48. The lowest BCUT2D eigenvalue weighted by atomic mass is 9.92. The van der Waals surface area contributed by atoms with Crippen molar-refractivity contribution in [1.29, 1.82) is 0 Å². The van der Waals surface area contributed by atoms with Crippen LogP contribution in [0.3, 0.4) is 0 Å². The van der Waals surface area contributed by atoms with E-state index < -0.39 is 0 Å². The van der Waals surface area contributed by atoms with Crippen molar-refractivity contribution < 1.29 is 9.90 Å². The molecule has 1 saturated heterocycles. The zero-order chi connectivity index (χ0) is 15.2. The normalized spacial score (nSPS) is 22.4. The standard InChI is InChI=1S/C17H22N2O2/c1-13-8-9-16(17(18)21)12-19(13)11-15-6-3-2-5-14(15)7-4-10-20/h2-3,5-6,13,16,20H,8-12H2,1H3,(H2,18,21). The van der Waals surface area contributed by atoms with E-state index in [1.165, 1.54) is 0 Å². The summed E-state index contributed by atoms with van der Waals surface area (Å²) in [4.78, 5) is 13.7. The number of primary amides is 1. The topological polar surface area (TPSA) is 66.6 Å². The summed E-state index contributed by atoms with van der Waals surface area (Å²) in [5, 5.41) is 8.84. The van der Waals surface area contributed by atoms with Gasteiger partial charge in [-0.05, 0) is 31.4 Å². The number of nitrogens with zero attached hydrogens (tertiary/aromatic N) is 1. The summed E-state index contributed by atoms with van der Waals surface area (Å²) in [6.07, 6.45) is 1.86. The SMILES string of the molecule is CC1CCC(C(N)=O)CN1Cc1ccccc1C#CCO. The smallest absolute Gasteiger partial charge is 0.221 e. The first-order chi connectivity index (χ1) is 10.1. The van der Waals surface area contributed by atoms with Crippen LogP contribution in [0, 0.1) is 17.8 Å². The van der Waals surface area contributed by atoms with Crippen LogP contribution >= 0.6 is 0 Å². The number of aliphatic hydroxyl groups is 1. The summed E-state index contributed by atoms with van der Waals surface area (Å²) in [5.74, 6) is 5.41. The van der Waals surface area contributed by atoms with Gasteiger partial charge in [-0.25, -0.2) is 0 Å². The van der Waals surface area contributed by atoms with E-state index in [0.29, 0.717) is 12.6 Å². The Labute approximate surface area is 125 Å². The fourth-order valence-electron chi connectivity index (χ4n) is 2.77. The molecule has 0 aromatic heterocycles. The number of rotatable bonds is 3. The van der Waals surface area contributed by atoms with Crippen molar-refractivity contribution in [2.24, 2.45) is 11.7 Å². The van der Waals surface area contributed by atoms with Crippen molar-refractivity contribution in [2.75, 3.05) is 13.2 Å². The number of amides is 1. The quantitative estimate of drug-likeness (QED) is 0.818. The molecule has 0 radical (unpaired) electrons. The van der Waals surface area contributed by atoms with Crippen LogP contribution in [0.4, 0.5) is 0 Å². The molecule has 4 nitrogen and oxygen atoms in total. The number of carbonyl (C=O) groups is 1. The largest absolute Gasteiger partial charge is 0.384 e. The highest BCUT2D eigenvalue weighted by Gasteiger charge is 2.28. The molecule has 21 heavy (non-hydrogen) atoms. The lowest BCUT2D eigenvalue weighted by Crippen LogP contribution is -2.45. The van der Waals surface area contributed by atoms with E-state index in [4.69, 9.17) is 10.8 Å². The van der Waals surface area contributed by atoms with Crippen LogP contribution in [0.15, 0.2) is 24.3 Å². The highest BCUT2D eigenvalue weighted by molar-refractivity contribution is 5.77. The van der Waals surface area contributed by atoms with Crippen molar-refractivity contribution in [3.63, 3.8) is 0 Å². The highest BCUT2D eigenvalue weighted by atomic mass is 16.2. The number of hydrogen-bond donors (Lipinski definition) is 2. The second-order valence-electron chi connectivity index (χ2n) is 5.57. The van der Waals surface area contributed by atoms with E-state index in [1.54, 1.807) is 0 Å². The summed E-state index contributed by atoms with van der Waals surface area (Å²) in [6, 6.07) is 8.36. The predicted octanol–water partition coefficient (Wildman–Crippen LogP) is 1.12. The number of carbonyl (C=O) groups excluding carboxylic acids is 1. The molecule has 112 valence electrons. The second kappa shape index (κ2) is 7.26. The Hall–Kier alpha value is -1.83. The summed E-state index contributed by atoms with van der Waals surface area (Å²) in [6.45, 7) is 3.50. The fourth-order valence-corrected chi connectivity index (χ4v) is 2.77. The van der Waals surface area contributed by atoms with Gasteiger partial charge < -0.3 is 10.8 Å². The summed E-state index contributed by atoms with van der Waals surface area (Å²) >= 11 is 0. The van der Waals surface area contributed by atoms with E-state index >= 15 is 0 Å². The van der Waals surface area contributed by atoms with Crippen LogP contribution in [0.25, 0.3) is 0 Å². The Morgan fingerprint density at radius 2 is 2.19 bits per heavy atom. The Bertz CT molecular complexity index is 559. The first-order valence-corrected chi connectivity index (χ1v) is 7.32. The molecule has 1 aliphatic rings. The number of hydrogen-bond acceptors (Lipinski definition) is 3. The van der Waals surface area contributed by atoms with Crippen LogP contribution in [0.5, 0.6) is 0 Å². The van der Waals surface area contributed by atoms with E-state index in [9.17, 15) is 4.79 Å². The second-order valence-corrected chi connectivity index (χ2v) is 5.57. The molecule has 2 unspecified atom stereocenters. The van der Waals surface area contributed by atoms with E-state index in [2.05, 4.69) is 23.7 Å². The van der Waals surface area contributed by atoms with Gasteiger partial charge in [-0.1, -0.05) is 30.0 Å². The number of piperidine rings is 1. The van der Waals surface area contributed by atoms with E-state index in [0.717, 1.165) is 30.5 Å². The summed E-state index contributed by atoms with van der Waals surface area (Å²) in [5.41, 5.74) is 7.50. The molecule has 1 aliphatic heterocycles. The monoisotopic (exact) mass is 286 g/mol. The van der Waals surface area contributed by atoms with Crippen molar-refractivity contribution in [2.45, 2.75) is 32.4 Å². The van der Waals surface area contributed by atoms with Gasteiger partial charge in [0.25, 0.3) is 0 Å². The first kappa shape index (κ1) is 15.6. The van der Waals surface area contributed by atoms with Gasteiger partial charge in [0.05, 0.1) is 5.92 Å². The Balaban J connectivity index is 2.14. The minimum atomic E-state index is -0.208. The summed E-state index contributed by atoms with van der Waals surface area (Å²) in [7, 11) is 0. The van der Waals surface area contributed by atoms with Crippen LogP contribution < -0.4 is 5.73 Å². The minimum absolute atomic E-state index is 0.0584. The van der Waals surface area contributed by atoms with Gasteiger partial charge >= 0.3 is 0 Å². The maximum atomic E-state index is 11.4. The zero-order valence-corrected chi connectivity index (χ0v) is 12.4. The molecular weight excluding hydrogens is 264 g/mol. The highest BCUT2D eigenvalue weighted by Crippen LogP contribution is 2.24. The Kier molecular flexibility index (Phi) is 5.38. The Morgan fingerprint density at radius 3 is 2.90 bits per heavy atom. The fraction of sp³-hybridized carbons (Fsp3) is 0.471. The molecule has 0 saturated carbocycles. The molecular formula is C17H22N2O2. The van der Waals surface area contributed by atoms with Crippen molar-refractivity contribution in [3.8, 4) is 11.8 Å². The number of benzene rings is 1. The van der Waals surface area contributed by atoms with Crippen molar-refractivity contribution in [3.05, 3.63) is 35.4 Å². The van der Waals surface area contributed by atoms with Crippen LogP contribution in [-0.4, -0.2) is 35.1 Å². The first-order valence-electron chi connectivity index (χ1n) is 7.32. The van der Waals surface area contributed by atoms with Crippen LogP contribution in [-0.2, 0) is 11.3 Å². The molecule has 1 aromatic carbocycles. The molecule has 1 amide bonds. The molecule has 4 heteroatoms. The van der Waals surface area contributed by atoms with Crippen molar-refractivity contribution in [1.82, 2.24) is 4.90 Å². The maximum absolute atomic E-state index is 11.4. The lowest BCUT2D eigenvalue weighted by molar-refractivity contribution is -0.124. The summed E-state index contributed by atoms with van der Waals surface area (Å²) < 4.78 is 0. The zero-order valence-electron chi connectivity index (χ0n) is 12.4. The van der Waals surface area contributed by atoms with E-state index in [-0.39, 0.29) is 18.4 Å².